The molecule has 0 fully saturated rings. The number of alkyl carbamates (subject to hydrolysis) is 1. The molecule has 0 saturated carbocycles. The second kappa shape index (κ2) is 10.7. The molecule has 0 aromatic rings. The molecule has 0 saturated heterocycles. The molecule has 11 heteroatoms. The standard InChI is InChI=1S/C16H26N2O8Si/c1-12-9-14(18(20)21)13(10-15(12)22-2)11-26-16(19)17-7-6-8-27(23-3,24-4)25-5/h9-11H,6-8H2,1-5H3,(H2-,17,19,20,21)/p+1/b13-11+. The highest BCUT2D eigenvalue weighted by Crippen LogP contribution is 2.21. The Balaban J connectivity index is 2.62. The van der Waals surface area contributed by atoms with Crippen molar-refractivity contribution in [3.63, 3.8) is 0 Å². The summed E-state index contributed by atoms with van der Waals surface area (Å²) in [4.78, 5) is 11.8. The smallest absolute Gasteiger partial charge is 0.496 e. The van der Waals surface area contributed by atoms with Gasteiger partial charge in [-0.05, 0) is 25.0 Å². The summed E-state index contributed by atoms with van der Waals surface area (Å²) in [6.45, 7) is 2.07. The lowest BCUT2D eigenvalue weighted by Gasteiger charge is -2.24. The van der Waals surface area contributed by atoms with Crippen LogP contribution in [0.3, 0.4) is 0 Å². The normalized spacial score (nSPS) is 15.9. The van der Waals surface area contributed by atoms with E-state index in [0.717, 1.165) is 6.26 Å². The second-order valence-electron chi connectivity index (χ2n) is 5.52. The second-order valence-corrected chi connectivity index (χ2v) is 8.61. The van der Waals surface area contributed by atoms with Gasteiger partial charge in [-0.2, -0.15) is 0 Å². The van der Waals surface area contributed by atoms with Crippen LogP contribution in [0.2, 0.25) is 6.04 Å². The molecule has 3 N–H and O–H groups in total. The van der Waals surface area contributed by atoms with Crippen molar-refractivity contribution in [2.24, 2.45) is 0 Å². The number of rotatable bonds is 9. The summed E-state index contributed by atoms with van der Waals surface area (Å²) in [5, 5.41) is 21.2. The van der Waals surface area contributed by atoms with Crippen LogP contribution < -0.4 is 5.32 Å². The van der Waals surface area contributed by atoms with Crippen LogP contribution in [0, 0.1) is 0 Å². The van der Waals surface area contributed by atoms with Gasteiger partial charge in [0.1, 0.15) is 12.0 Å². The maximum atomic E-state index is 11.8. The van der Waals surface area contributed by atoms with E-state index in [-0.39, 0.29) is 16.2 Å². The van der Waals surface area contributed by atoms with Crippen molar-refractivity contribution in [1.82, 2.24) is 5.32 Å². The number of nitrogens with one attached hydrogen (secondary N) is 1. The third-order valence-corrected chi connectivity index (χ3v) is 6.75. The average Bonchev–Trinajstić information content (AvgIpc) is 2.67. The highest BCUT2D eigenvalue weighted by atomic mass is 28.4. The molecule has 0 aromatic heterocycles. The molecule has 1 amide bonds. The van der Waals surface area contributed by atoms with Gasteiger partial charge in [-0.3, -0.25) is 0 Å². The van der Waals surface area contributed by atoms with Crippen LogP contribution in [-0.2, 0) is 22.8 Å². The molecule has 0 heterocycles. The number of carbonyl (C=O) groups is 1. The van der Waals surface area contributed by atoms with E-state index in [2.05, 4.69) is 5.32 Å². The zero-order chi connectivity index (χ0) is 20.4. The van der Waals surface area contributed by atoms with Crippen LogP contribution >= 0.6 is 0 Å². The van der Waals surface area contributed by atoms with Crippen LogP contribution in [0.25, 0.3) is 0 Å². The first-order chi connectivity index (χ1) is 12.8. The maximum Gasteiger partial charge on any atom is 0.500 e. The van der Waals surface area contributed by atoms with E-state index >= 15 is 0 Å². The van der Waals surface area contributed by atoms with Crippen molar-refractivity contribution in [2.75, 3.05) is 35.0 Å². The molecule has 0 radical (unpaired) electrons. The Hall–Kier alpha value is -2.34. The van der Waals surface area contributed by atoms with Gasteiger partial charge in [0.05, 0.1) is 12.7 Å². The first-order valence-electron chi connectivity index (χ1n) is 8.12. The van der Waals surface area contributed by atoms with E-state index in [1.54, 1.807) is 6.92 Å². The molecule has 10 nitrogen and oxygen atoms in total. The SMILES string of the molecule is COC1=C/C(=C\OC(=O)NCCC[Si](OC)(OC)OC)C(=[N+](O)O)C=C1C. The molecular formula is C16H27N2O8Si+. The first kappa shape index (κ1) is 22.7. The lowest BCUT2D eigenvalue weighted by Crippen LogP contribution is -2.43. The minimum Gasteiger partial charge on any atom is -0.496 e. The number of carbonyl (C=O) groups excluding carboxylic acids is 1. The van der Waals surface area contributed by atoms with Gasteiger partial charge in [-0.1, -0.05) is 0 Å². The Kier molecular flexibility index (Phi) is 9.01. The number of amides is 1. The van der Waals surface area contributed by atoms with E-state index < -0.39 is 14.9 Å². The third kappa shape index (κ3) is 6.39. The molecule has 27 heavy (non-hydrogen) atoms. The summed E-state index contributed by atoms with van der Waals surface area (Å²) in [5.41, 5.74) is 0.976. The fourth-order valence-electron chi connectivity index (χ4n) is 2.39. The molecule has 0 aromatic carbocycles. The predicted octanol–water partition coefficient (Wildman–Crippen LogP) is 1.59. The van der Waals surface area contributed by atoms with Crippen LogP contribution in [0.5, 0.6) is 0 Å². The summed E-state index contributed by atoms with van der Waals surface area (Å²) in [5.74, 6) is 0.510. The van der Waals surface area contributed by atoms with Crippen molar-refractivity contribution in [3.8, 4) is 0 Å². The predicted molar refractivity (Wildman–Crippen MR) is 96.5 cm³/mol. The Morgan fingerprint density at radius 2 is 1.81 bits per heavy atom. The lowest BCUT2D eigenvalue weighted by atomic mass is 10.0. The van der Waals surface area contributed by atoms with Gasteiger partial charge in [0.2, 0.25) is 4.90 Å². The van der Waals surface area contributed by atoms with Crippen LogP contribution in [0.15, 0.2) is 35.3 Å². The molecule has 0 atom stereocenters. The van der Waals surface area contributed by atoms with Crippen molar-refractivity contribution in [3.05, 3.63) is 35.3 Å². The molecule has 0 bridgehead atoms. The minimum atomic E-state index is -2.67. The highest BCUT2D eigenvalue weighted by Gasteiger charge is 2.36. The monoisotopic (exact) mass is 403 g/mol. The molecule has 152 valence electrons. The van der Waals surface area contributed by atoms with Crippen molar-refractivity contribution < 1.29 is 42.9 Å². The van der Waals surface area contributed by atoms with Gasteiger partial charge in [-0.25, -0.2) is 15.2 Å². The summed E-state index contributed by atoms with van der Waals surface area (Å²) >= 11 is 0. The van der Waals surface area contributed by atoms with Crippen molar-refractivity contribution >= 4 is 20.6 Å². The summed E-state index contributed by atoms with van der Waals surface area (Å²) in [6, 6.07) is 0.532. The minimum absolute atomic E-state index is 0.0390. The topological polar surface area (TPSA) is 119 Å². The number of hydrogen-bond donors (Lipinski definition) is 3. The lowest BCUT2D eigenvalue weighted by molar-refractivity contribution is -0.954. The summed E-state index contributed by atoms with van der Waals surface area (Å²) in [6.07, 6.45) is 3.98. The molecule has 1 aliphatic rings. The van der Waals surface area contributed by atoms with E-state index in [1.807, 2.05) is 0 Å². The molecule has 0 unspecified atom stereocenters. The van der Waals surface area contributed by atoms with E-state index in [1.165, 1.54) is 40.6 Å². The van der Waals surface area contributed by atoms with Crippen molar-refractivity contribution in [2.45, 2.75) is 19.4 Å². The largest absolute Gasteiger partial charge is 0.500 e. The average molecular weight is 403 g/mol. The van der Waals surface area contributed by atoms with Gasteiger partial charge in [0, 0.05) is 40.0 Å². The highest BCUT2D eigenvalue weighted by molar-refractivity contribution is 6.60. The molecule has 0 aliphatic heterocycles. The number of methoxy groups -OCH3 is 1. The zero-order valence-corrected chi connectivity index (χ0v) is 17.1. The molecule has 1 aliphatic carbocycles. The quantitative estimate of drug-likeness (QED) is 0.175. The fraction of sp³-hybridized carbons (Fsp3) is 0.500. The molecular weight excluding hydrogens is 376 g/mol. The fourth-order valence-corrected chi connectivity index (χ4v) is 4.11. The van der Waals surface area contributed by atoms with Crippen LogP contribution in [0.4, 0.5) is 4.79 Å². The number of nitrogens with zero attached hydrogens (tertiary/aromatic N) is 1. The van der Waals surface area contributed by atoms with Gasteiger partial charge < -0.3 is 28.1 Å². The van der Waals surface area contributed by atoms with Gasteiger partial charge >= 0.3 is 20.6 Å². The molecule has 1 rings (SSSR count). The first-order valence-corrected chi connectivity index (χ1v) is 10.0. The Morgan fingerprint density at radius 1 is 1.19 bits per heavy atom. The summed E-state index contributed by atoms with van der Waals surface area (Å²) < 4.78 is 26.1. The maximum absolute atomic E-state index is 11.8. The van der Waals surface area contributed by atoms with Crippen LogP contribution in [0.1, 0.15) is 13.3 Å². The van der Waals surface area contributed by atoms with Crippen molar-refractivity contribution in [1.29, 1.82) is 0 Å². The summed E-state index contributed by atoms with van der Waals surface area (Å²) in [7, 11) is 3.38. The van der Waals surface area contributed by atoms with E-state index in [4.69, 9.17) is 22.8 Å². The Labute approximate surface area is 159 Å². The number of allylic oxidation sites excluding steroid dienone is 4. The number of hydrogen-bond acceptors (Lipinski definition) is 8. The number of ether oxygens (including phenoxy) is 2. The van der Waals surface area contributed by atoms with E-state index in [9.17, 15) is 15.2 Å². The zero-order valence-electron chi connectivity index (χ0n) is 16.1. The van der Waals surface area contributed by atoms with Crippen LogP contribution in [-0.4, -0.2) is 70.9 Å². The molecule has 0 spiro atoms. The Morgan fingerprint density at radius 3 is 2.33 bits per heavy atom. The third-order valence-electron chi connectivity index (χ3n) is 3.91. The van der Waals surface area contributed by atoms with Gasteiger partial charge in [0.25, 0.3) is 0 Å². The van der Waals surface area contributed by atoms with E-state index in [0.29, 0.717) is 30.3 Å². The van der Waals surface area contributed by atoms with Gasteiger partial charge in [0.15, 0.2) is 0 Å². The van der Waals surface area contributed by atoms with Gasteiger partial charge in [-0.15, -0.1) is 0 Å². The Bertz CT molecular complexity index is 641.